The Labute approximate surface area is 189 Å². The number of pyridine rings is 1. The Hall–Kier alpha value is -4.02. The predicted molar refractivity (Wildman–Crippen MR) is 117 cm³/mol. The van der Waals surface area contributed by atoms with Gasteiger partial charge in [0.25, 0.3) is 11.8 Å². The van der Waals surface area contributed by atoms with Crippen LogP contribution in [0, 0.1) is 10.1 Å². The number of hydrogen-bond acceptors (Lipinski definition) is 6. The number of hydrogen-bond donors (Lipinski definition) is 1. The highest BCUT2D eigenvalue weighted by molar-refractivity contribution is 5.94. The van der Waals surface area contributed by atoms with Crippen molar-refractivity contribution in [1.82, 2.24) is 29.3 Å². The molecule has 2 aliphatic rings. The molecule has 2 amide bonds. The summed E-state index contributed by atoms with van der Waals surface area (Å²) in [5.74, 6) is -0.660. The van der Waals surface area contributed by atoms with Crippen LogP contribution in [0.2, 0.25) is 0 Å². The number of nitro groups is 1. The topological polar surface area (TPSA) is 130 Å². The quantitative estimate of drug-likeness (QED) is 0.481. The monoisotopic (exact) mass is 449 g/mol. The Morgan fingerprint density at radius 1 is 1.09 bits per heavy atom. The van der Waals surface area contributed by atoms with Gasteiger partial charge in [-0.05, 0) is 48.8 Å². The van der Waals surface area contributed by atoms with Gasteiger partial charge in [0.15, 0.2) is 5.69 Å². The lowest BCUT2D eigenvalue weighted by atomic mass is 9.86. The minimum atomic E-state index is -0.559. The molecule has 11 heteroatoms. The molecule has 3 aromatic rings. The van der Waals surface area contributed by atoms with E-state index >= 15 is 0 Å². The first-order valence-corrected chi connectivity index (χ1v) is 10.9. The highest BCUT2D eigenvalue weighted by Crippen LogP contribution is 2.38. The summed E-state index contributed by atoms with van der Waals surface area (Å²) in [5.41, 5.74) is 0.874. The van der Waals surface area contributed by atoms with E-state index in [1.807, 2.05) is 15.5 Å². The van der Waals surface area contributed by atoms with Crippen molar-refractivity contribution in [2.45, 2.75) is 31.2 Å². The van der Waals surface area contributed by atoms with Gasteiger partial charge in [0.05, 0.1) is 17.6 Å². The maximum Gasteiger partial charge on any atom is 0.321 e. The molecule has 1 N–H and O–H groups in total. The summed E-state index contributed by atoms with van der Waals surface area (Å²) in [6, 6.07) is 6.29. The van der Waals surface area contributed by atoms with Crippen LogP contribution in [0.4, 0.5) is 5.82 Å². The molecule has 3 aromatic heterocycles. The third-order valence-electron chi connectivity index (χ3n) is 6.55. The van der Waals surface area contributed by atoms with Gasteiger partial charge in [-0.2, -0.15) is 0 Å². The zero-order valence-electron chi connectivity index (χ0n) is 17.9. The van der Waals surface area contributed by atoms with Crippen LogP contribution in [-0.2, 0) is 0 Å². The number of imidazole rings is 1. The van der Waals surface area contributed by atoms with Gasteiger partial charge in [-0.3, -0.25) is 14.6 Å². The molecule has 0 radical (unpaired) electrons. The van der Waals surface area contributed by atoms with Gasteiger partial charge in [-0.1, -0.05) is 0 Å². The molecule has 5 rings (SSSR count). The molecule has 0 bridgehead atoms. The van der Waals surface area contributed by atoms with Gasteiger partial charge in [0.1, 0.15) is 5.69 Å². The van der Waals surface area contributed by atoms with E-state index in [9.17, 15) is 19.7 Å². The number of aromatic amines is 1. The summed E-state index contributed by atoms with van der Waals surface area (Å²) in [5, 5.41) is 11.0. The van der Waals surface area contributed by atoms with Crippen LogP contribution in [-0.4, -0.2) is 71.2 Å². The van der Waals surface area contributed by atoms with Gasteiger partial charge in [0.2, 0.25) is 0 Å². The molecule has 0 aliphatic carbocycles. The zero-order valence-corrected chi connectivity index (χ0v) is 17.9. The molecule has 1 spiro atoms. The molecule has 2 saturated heterocycles. The van der Waals surface area contributed by atoms with E-state index in [-0.39, 0.29) is 23.3 Å². The lowest BCUT2D eigenvalue weighted by molar-refractivity contribution is -0.389. The fourth-order valence-corrected chi connectivity index (χ4v) is 5.00. The SMILES string of the molecule is O=C(c1ccc([N+](=O)[O-])[nH]1)N1CCCC2(CCCN2C(=O)c2cc(-n3ccnc3)ccn2)C1. The highest BCUT2D eigenvalue weighted by atomic mass is 16.6. The molecule has 1 unspecified atom stereocenters. The number of aromatic nitrogens is 4. The van der Waals surface area contributed by atoms with Crippen LogP contribution in [0.5, 0.6) is 0 Å². The van der Waals surface area contributed by atoms with Crippen LogP contribution in [0.25, 0.3) is 5.69 Å². The second-order valence-electron chi connectivity index (χ2n) is 8.50. The Kier molecular flexibility index (Phi) is 5.15. The summed E-state index contributed by atoms with van der Waals surface area (Å²) >= 11 is 0. The summed E-state index contributed by atoms with van der Waals surface area (Å²) < 4.78 is 1.81. The number of piperidine rings is 1. The minimum absolute atomic E-state index is 0.153. The van der Waals surface area contributed by atoms with Crippen molar-refractivity contribution < 1.29 is 14.5 Å². The maximum absolute atomic E-state index is 13.5. The second-order valence-corrected chi connectivity index (χ2v) is 8.50. The number of carbonyl (C=O) groups is 2. The molecular weight excluding hydrogens is 426 g/mol. The Balaban J connectivity index is 1.37. The van der Waals surface area contributed by atoms with Crippen molar-refractivity contribution >= 4 is 17.6 Å². The summed E-state index contributed by atoms with van der Waals surface area (Å²) in [6.07, 6.45) is 9.95. The van der Waals surface area contributed by atoms with E-state index in [0.717, 1.165) is 31.4 Å². The zero-order chi connectivity index (χ0) is 23.0. The first-order valence-electron chi connectivity index (χ1n) is 10.9. The summed E-state index contributed by atoms with van der Waals surface area (Å²) in [6.45, 7) is 1.54. The standard InChI is InChI=1S/C22H23N7O4/c30-20(17-3-4-19(25-17)29(32)33)26-10-1-6-22(14-26)7-2-11-28(22)21(31)18-13-16(5-8-24-18)27-12-9-23-15-27/h3-5,8-9,12-13,15,25H,1-2,6-7,10-11,14H2. The van der Waals surface area contributed by atoms with E-state index in [1.54, 1.807) is 35.9 Å². The number of likely N-dealkylation sites (tertiary alicyclic amines) is 2. The van der Waals surface area contributed by atoms with Crippen molar-refractivity contribution in [1.29, 1.82) is 0 Å². The number of rotatable bonds is 4. The number of nitrogens with zero attached hydrogens (tertiary/aromatic N) is 6. The predicted octanol–water partition coefficient (Wildman–Crippen LogP) is 2.41. The molecule has 1 atom stereocenters. The van der Waals surface area contributed by atoms with Crippen LogP contribution in [0.3, 0.4) is 0 Å². The highest BCUT2D eigenvalue weighted by Gasteiger charge is 2.47. The summed E-state index contributed by atoms with van der Waals surface area (Å²) in [4.78, 5) is 51.5. The first kappa shape index (κ1) is 20.9. The lowest BCUT2D eigenvalue weighted by Gasteiger charge is -2.45. The van der Waals surface area contributed by atoms with Crippen LogP contribution >= 0.6 is 0 Å². The van der Waals surface area contributed by atoms with E-state index in [4.69, 9.17) is 0 Å². The van der Waals surface area contributed by atoms with Crippen molar-refractivity contribution in [2.24, 2.45) is 0 Å². The van der Waals surface area contributed by atoms with Crippen molar-refractivity contribution in [3.05, 3.63) is 70.7 Å². The summed E-state index contributed by atoms with van der Waals surface area (Å²) in [7, 11) is 0. The molecular formula is C22H23N7O4. The molecule has 170 valence electrons. The molecule has 0 saturated carbocycles. The fourth-order valence-electron chi connectivity index (χ4n) is 5.00. The smallest absolute Gasteiger partial charge is 0.321 e. The van der Waals surface area contributed by atoms with Crippen LogP contribution < -0.4 is 0 Å². The molecule has 2 fully saturated rings. The van der Waals surface area contributed by atoms with Gasteiger partial charge in [0, 0.05) is 44.3 Å². The molecule has 33 heavy (non-hydrogen) atoms. The minimum Gasteiger partial charge on any atom is -0.358 e. The number of amides is 2. The Morgan fingerprint density at radius 3 is 2.64 bits per heavy atom. The van der Waals surface area contributed by atoms with Crippen LogP contribution in [0.15, 0.2) is 49.2 Å². The maximum atomic E-state index is 13.5. The molecule has 11 nitrogen and oxygen atoms in total. The Morgan fingerprint density at radius 2 is 1.91 bits per heavy atom. The average molecular weight is 449 g/mol. The number of nitrogens with one attached hydrogen (secondary N) is 1. The van der Waals surface area contributed by atoms with Gasteiger partial charge < -0.3 is 24.5 Å². The van der Waals surface area contributed by atoms with Gasteiger partial charge >= 0.3 is 5.82 Å². The fraction of sp³-hybridized carbons (Fsp3) is 0.364. The first-order chi connectivity index (χ1) is 16.0. The largest absolute Gasteiger partial charge is 0.358 e. The van der Waals surface area contributed by atoms with Crippen molar-refractivity contribution in [3.63, 3.8) is 0 Å². The number of carbonyl (C=O) groups excluding carboxylic acids is 2. The third-order valence-corrected chi connectivity index (χ3v) is 6.55. The van der Waals surface area contributed by atoms with E-state index in [0.29, 0.717) is 25.3 Å². The normalized spacial score (nSPS) is 20.4. The third kappa shape index (κ3) is 3.75. The lowest BCUT2D eigenvalue weighted by Crippen LogP contribution is -2.58. The Bertz CT molecular complexity index is 1210. The van der Waals surface area contributed by atoms with E-state index < -0.39 is 10.5 Å². The van der Waals surface area contributed by atoms with Crippen molar-refractivity contribution in [2.75, 3.05) is 19.6 Å². The molecule has 2 aliphatic heterocycles. The molecule has 5 heterocycles. The number of H-pyrrole nitrogens is 1. The second kappa shape index (κ2) is 8.15. The van der Waals surface area contributed by atoms with Crippen molar-refractivity contribution in [3.8, 4) is 5.69 Å². The van der Waals surface area contributed by atoms with Crippen LogP contribution in [0.1, 0.15) is 46.7 Å². The van der Waals surface area contributed by atoms with E-state index in [2.05, 4.69) is 15.0 Å². The van der Waals surface area contributed by atoms with E-state index in [1.165, 1.54) is 12.1 Å². The average Bonchev–Trinajstić information content (AvgIpc) is 3.59. The van der Waals surface area contributed by atoms with Gasteiger partial charge in [-0.25, -0.2) is 9.97 Å². The van der Waals surface area contributed by atoms with Gasteiger partial charge in [-0.15, -0.1) is 0 Å². The molecule has 0 aromatic carbocycles.